The van der Waals surface area contributed by atoms with E-state index >= 15 is 0 Å². The standard InChI is InChI=1S/C18H18N6O3/c1-4-13(25)23-11-5-6-19-14(7-11)27-15-9-21-17-16(24-15)12(8-20-17)18(26)22-10(2)3/h4-10H,1H2,2-3H3,(H,20,21)(H,22,26)(H,19,23,25). The van der Waals surface area contributed by atoms with Crippen molar-refractivity contribution in [2.45, 2.75) is 19.9 Å². The molecular formula is C18H18N6O3. The number of carbonyl (C=O) groups excluding carboxylic acids is 2. The van der Waals surface area contributed by atoms with Crippen LogP contribution in [0.4, 0.5) is 5.69 Å². The van der Waals surface area contributed by atoms with Gasteiger partial charge in [0.25, 0.3) is 5.91 Å². The van der Waals surface area contributed by atoms with Crippen LogP contribution in [0.5, 0.6) is 11.8 Å². The van der Waals surface area contributed by atoms with E-state index in [1.54, 1.807) is 12.3 Å². The highest BCUT2D eigenvalue weighted by Gasteiger charge is 2.16. The van der Waals surface area contributed by atoms with Gasteiger partial charge in [0.15, 0.2) is 5.65 Å². The summed E-state index contributed by atoms with van der Waals surface area (Å²) in [6, 6.07) is 3.15. The molecule has 0 aliphatic carbocycles. The fourth-order valence-corrected chi connectivity index (χ4v) is 2.28. The zero-order valence-corrected chi connectivity index (χ0v) is 14.8. The smallest absolute Gasteiger partial charge is 0.255 e. The molecule has 0 unspecified atom stereocenters. The largest absolute Gasteiger partial charge is 0.419 e. The van der Waals surface area contributed by atoms with E-state index in [0.717, 1.165) is 6.08 Å². The number of anilines is 1. The second kappa shape index (κ2) is 7.65. The Bertz CT molecular complexity index is 1010. The fourth-order valence-electron chi connectivity index (χ4n) is 2.28. The minimum absolute atomic E-state index is 0.00689. The number of aromatic amines is 1. The molecule has 0 aliphatic rings. The van der Waals surface area contributed by atoms with Crippen molar-refractivity contribution in [2.24, 2.45) is 0 Å². The first kappa shape index (κ1) is 18.1. The van der Waals surface area contributed by atoms with E-state index < -0.39 is 0 Å². The molecule has 0 atom stereocenters. The lowest BCUT2D eigenvalue weighted by Gasteiger charge is -2.08. The summed E-state index contributed by atoms with van der Waals surface area (Å²) in [6.07, 6.45) is 5.61. The third kappa shape index (κ3) is 4.27. The van der Waals surface area contributed by atoms with Crippen LogP contribution in [0, 0.1) is 0 Å². The van der Waals surface area contributed by atoms with Crippen LogP contribution in [0.1, 0.15) is 24.2 Å². The number of rotatable bonds is 6. The molecule has 3 N–H and O–H groups in total. The lowest BCUT2D eigenvalue weighted by Crippen LogP contribution is -2.29. The zero-order valence-electron chi connectivity index (χ0n) is 14.8. The van der Waals surface area contributed by atoms with Crippen LogP contribution >= 0.6 is 0 Å². The average Bonchev–Trinajstić information content (AvgIpc) is 3.04. The molecule has 0 bridgehead atoms. The fraction of sp³-hybridized carbons (Fsp3) is 0.167. The number of H-pyrrole nitrogens is 1. The third-order valence-corrected chi connectivity index (χ3v) is 3.42. The highest BCUT2D eigenvalue weighted by Crippen LogP contribution is 2.23. The number of pyridine rings is 1. The Morgan fingerprint density at radius 2 is 2.11 bits per heavy atom. The second-order valence-corrected chi connectivity index (χ2v) is 5.91. The summed E-state index contributed by atoms with van der Waals surface area (Å²) >= 11 is 0. The Kier molecular flexibility index (Phi) is 5.11. The Morgan fingerprint density at radius 3 is 2.85 bits per heavy atom. The van der Waals surface area contributed by atoms with E-state index in [1.807, 2.05) is 13.8 Å². The average molecular weight is 366 g/mol. The maximum Gasteiger partial charge on any atom is 0.255 e. The quantitative estimate of drug-likeness (QED) is 0.576. The number of ether oxygens (including phenoxy) is 1. The Morgan fingerprint density at radius 1 is 1.30 bits per heavy atom. The number of aromatic nitrogens is 4. The monoisotopic (exact) mass is 366 g/mol. The molecule has 3 aromatic heterocycles. The number of carbonyl (C=O) groups is 2. The molecule has 138 valence electrons. The maximum absolute atomic E-state index is 12.3. The molecule has 3 aromatic rings. The van der Waals surface area contributed by atoms with Gasteiger partial charge in [0.1, 0.15) is 5.52 Å². The maximum atomic E-state index is 12.3. The summed E-state index contributed by atoms with van der Waals surface area (Å²) < 4.78 is 5.62. The molecule has 9 nitrogen and oxygen atoms in total. The zero-order chi connectivity index (χ0) is 19.4. The summed E-state index contributed by atoms with van der Waals surface area (Å²) in [6.45, 7) is 7.14. The van der Waals surface area contributed by atoms with Gasteiger partial charge in [0.05, 0.1) is 11.8 Å². The number of amides is 2. The van der Waals surface area contributed by atoms with Gasteiger partial charge in [0, 0.05) is 30.2 Å². The van der Waals surface area contributed by atoms with Crippen molar-refractivity contribution in [2.75, 3.05) is 5.32 Å². The molecule has 27 heavy (non-hydrogen) atoms. The number of nitrogens with zero attached hydrogens (tertiary/aromatic N) is 3. The highest BCUT2D eigenvalue weighted by molar-refractivity contribution is 6.04. The predicted molar refractivity (Wildman–Crippen MR) is 99.6 cm³/mol. The molecule has 0 radical (unpaired) electrons. The minimum atomic E-state index is -0.346. The van der Waals surface area contributed by atoms with Gasteiger partial charge in [-0.25, -0.2) is 15.0 Å². The molecule has 0 saturated carbocycles. The molecule has 0 saturated heterocycles. The topological polar surface area (TPSA) is 122 Å². The molecule has 0 aliphatic heterocycles. The minimum Gasteiger partial charge on any atom is -0.419 e. The highest BCUT2D eigenvalue weighted by atomic mass is 16.5. The lowest BCUT2D eigenvalue weighted by molar-refractivity contribution is -0.111. The Labute approximate surface area is 154 Å². The second-order valence-electron chi connectivity index (χ2n) is 5.91. The van der Waals surface area contributed by atoms with Crippen molar-refractivity contribution in [3.05, 3.63) is 48.9 Å². The number of fused-ring (bicyclic) bond motifs is 1. The number of hydrogen-bond acceptors (Lipinski definition) is 6. The lowest BCUT2D eigenvalue weighted by atomic mass is 10.2. The predicted octanol–water partition coefficient (Wildman–Crippen LogP) is 2.41. The van der Waals surface area contributed by atoms with Crippen LogP contribution < -0.4 is 15.4 Å². The molecule has 0 fully saturated rings. The van der Waals surface area contributed by atoms with Gasteiger partial charge < -0.3 is 20.4 Å². The van der Waals surface area contributed by atoms with Crippen LogP contribution in [0.15, 0.2) is 43.4 Å². The van der Waals surface area contributed by atoms with Crippen molar-refractivity contribution in [1.82, 2.24) is 25.3 Å². The summed E-state index contributed by atoms with van der Waals surface area (Å²) in [5.41, 5.74) is 1.73. The van der Waals surface area contributed by atoms with E-state index in [1.165, 1.54) is 18.5 Å². The van der Waals surface area contributed by atoms with E-state index in [-0.39, 0.29) is 29.6 Å². The summed E-state index contributed by atoms with van der Waals surface area (Å²) in [4.78, 5) is 39.2. The molecule has 3 rings (SSSR count). The summed E-state index contributed by atoms with van der Waals surface area (Å²) in [5.74, 6) is -0.217. The Hall–Kier alpha value is -3.75. The van der Waals surface area contributed by atoms with Crippen LogP contribution in [-0.2, 0) is 4.79 Å². The molecule has 0 spiro atoms. The van der Waals surface area contributed by atoms with E-state index in [9.17, 15) is 9.59 Å². The third-order valence-electron chi connectivity index (χ3n) is 3.42. The van der Waals surface area contributed by atoms with E-state index in [0.29, 0.717) is 22.4 Å². The van der Waals surface area contributed by atoms with Crippen molar-refractivity contribution in [3.63, 3.8) is 0 Å². The first-order valence-electron chi connectivity index (χ1n) is 8.18. The van der Waals surface area contributed by atoms with Crippen molar-refractivity contribution in [3.8, 4) is 11.8 Å². The van der Waals surface area contributed by atoms with E-state index in [4.69, 9.17) is 4.74 Å². The SMILES string of the molecule is C=CC(=O)Nc1ccnc(Oc2cnc3[nH]cc(C(=O)NC(C)C)c3n2)c1. The van der Waals surface area contributed by atoms with Gasteiger partial charge >= 0.3 is 0 Å². The first-order valence-corrected chi connectivity index (χ1v) is 8.18. The van der Waals surface area contributed by atoms with Gasteiger partial charge in [0.2, 0.25) is 17.7 Å². The van der Waals surface area contributed by atoms with Gasteiger partial charge in [-0.2, -0.15) is 0 Å². The van der Waals surface area contributed by atoms with Crippen LogP contribution in [0.25, 0.3) is 11.2 Å². The van der Waals surface area contributed by atoms with Crippen molar-refractivity contribution >= 4 is 28.7 Å². The molecule has 0 aromatic carbocycles. The van der Waals surface area contributed by atoms with Gasteiger partial charge in [-0.1, -0.05) is 6.58 Å². The van der Waals surface area contributed by atoms with Crippen molar-refractivity contribution in [1.29, 1.82) is 0 Å². The van der Waals surface area contributed by atoms with Crippen LogP contribution in [0.3, 0.4) is 0 Å². The van der Waals surface area contributed by atoms with Gasteiger partial charge in [-0.3, -0.25) is 9.59 Å². The van der Waals surface area contributed by atoms with Gasteiger partial charge in [-0.15, -0.1) is 0 Å². The summed E-state index contributed by atoms with van der Waals surface area (Å²) in [5, 5.41) is 5.42. The van der Waals surface area contributed by atoms with E-state index in [2.05, 4.69) is 37.1 Å². The van der Waals surface area contributed by atoms with Gasteiger partial charge in [-0.05, 0) is 26.0 Å². The number of hydrogen-bond donors (Lipinski definition) is 3. The van der Waals surface area contributed by atoms with Crippen LogP contribution in [0.2, 0.25) is 0 Å². The number of nitrogens with one attached hydrogen (secondary N) is 3. The molecule has 3 heterocycles. The molecule has 9 heteroatoms. The van der Waals surface area contributed by atoms with Crippen LogP contribution in [-0.4, -0.2) is 37.8 Å². The summed E-state index contributed by atoms with van der Waals surface area (Å²) in [7, 11) is 0. The molecular weight excluding hydrogens is 348 g/mol. The van der Waals surface area contributed by atoms with Crippen molar-refractivity contribution < 1.29 is 14.3 Å². The normalized spacial score (nSPS) is 10.6. The molecule has 2 amide bonds. The Balaban J connectivity index is 1.85. The first-order chi connectivity index (χ1) is 13.0.